The van der Waals surface area contributed by atoms with Crippen molar-refractivity contribution >= 4 is 0 Å². The topological polar surface area (TPSA) is 12.0 Å². The summed E-state index contributed by atoms with van der Waals surface area (Å²) in [6.07, 6.45) is -9.67. The zero-order chi connectivity index (χ0) is 15.7. The third-order valence-corrected chi connectivity index (χ3v) is 3.01. The molecule has 1 unspecified atom stereocenters. The van der Waals surface area contributed by atoms with E-state index < -0.39 is 41.0 Å². The first-order valence-electron chi connectivity index (χ1n) is 5.94. The highest BCUT2D eigenvalue weighted by atomic mass is 19.4. The molecule has 0 aromatic heterocycles. The Balaban J connectivity index is 3.65. The molecular weight excluding hydrogens is 284 g/mol. The van der Waals surface area contributed by atoms with Gasteiger partial charge in [0.1, 0.15) is 0 Å². The molecule has 7 heteroatoms. The van der Waals surface area contributed by atoms with Crippen LogP contribution < -0.4 is 5.32 Å². The van der Waals surface area contributed by atoms with Crippen molar-refractivity contribution in [2.45, 2.75) is 32.2 Å². The lowest BCUT2D eigenvalue weighted by Crippen LogP contribution is -2.28. The number of halogens is 6. The van der Waals surface area contributed by atoms with Crippen molar-refractivity contribution in [1.82, 2.24) is 5.32 Å². The Morgan fingerprint density at radius 1 is 0.900 bits per heavy atom. The first kappa shape index (κ1) is 16.8. The van der Waals surface area contributed by atoms with E-state index in [0.29, 0.717) is 12.1 Å². The van der Waals surface area contributed by atoms with Crippen LogP contribution in [0.4, 0.5) is 26.3 Å². The number of rotatable bonds is 3. The average molecular weight is 299 g/mol. The van der Waals surface area contributed by atoms with Gasteiger partial charge < -0.3 is 5.32 Å². The first-order chi connectivity index (χ1) is 9.00. The van der Waals surface area contributed by atoms with Crippen LogP contribution in [0.5, 0.6) is 0 Å². The molecule has 0 amide bonds. The second-order valence-electron chi connectivity index (χ2n) is 4.77. The lowest BCUT2D eigenvalue weighted by atomic mass is 9.88. The fourth-order valence-electron chi connectivity index (χ4n) is 2.21. The van der Waals surface area contributed by atoms with Crippen molar-refractivity contribution in [2.24, 2.45) is 5.92 Å². The summed E-state index contributed by atoms with van der Waals surface area (Å²) in [4.78, 5) is 0. The molecule has 1 atom stereocenters. The Hall–Kier alpha value is -1.24. The SMILES string of the molecule is CNC(c1c(C(F)(F)F)cccc1C(F)(F)F)C(C)C. The van der Waals surface area contributed by atoms with Gasteiger partial charge in [-0.1, -0.05) is 19.9 Å². The summed E-state index contributed by atoms with van der Waals surface area (Å²) in [5, 5.41) is 2.54. The normalized spacial score (nSPS) is 14.7. The molecule has 1 aromatic rings. The molecule has 0 saturated heterocycles. The molecule has 0 saturated carbocycles. The molecule has 1 rings (SSSR count). The Morgan fingerprint density at radius 2 is 1.30 bits per heavy atom. The minimum atomic E-state index is -4.83. The van der Waals surface area contributed by atoms with E-state index >= 15 is 0 Å². The molecule has 1 nitrogen and oxygen atoms in total. The lowest BCUT2D eigenvalue weighted by Gasteiger charge is -2.27. The van der Waals surface area contributed by atoms with Crippen LogP contribution in [0.15, 0.2) is 18.2 Å². The van der Waals surface area contributed by atoms with Gasteiger partial charge in [-0.3, -0.25) is 0 Å². The monoisotopic (exact) mass is 299 g/mol. The van der Waals surface area contributed by atoms with Crippen molar-refractivity contribution in [3.05, 3.63) is 34.9 Å². The molecule has 0 aliphatic rings. The van der Waals surface area contributed by atoms with Crippen molar-refractivity contribution in [3.63, 3.8) is 0 Å². The van der Waals surface area contributed by atoms with Crippen LogP contribution in [0.25, 0.3) is 0 Å². The second kappa shape index (κ2) is 5.63. The molecule has 0 fully saturated rings. The maximum atomic E-state index is 13.0. The first-order valence-corrected chi connectivity index (χ1v) is 5.94. The summed E-state index contributed by atoms with van der Waals surface area (Å²) in [5.74, 6) is -0.426. The van der Waals surface area contributed by atoms with E-state index in [1.165, 1.54) is 7.05 Å². The summed E-state index contributed by atoms with van der Waals surface area (Å²) in [7, 11) is 1.35. The smallest absolute Gasteiger partial charge is 0.313 e. The van der Waals surface area contributed by atoms with Crippen LogP contribution >= 0.6 is 0 Å². The molecule has 20 heavy (non-hydrogen) atoms. The minimum Gasteiger partial charge on any atom is -0.313 e. The van der Waals surface area contributed by atoms with E-state index in [4.69, 9.17) is 0 Å². The van der Waals surface area contributed by atoms with Gasteiger partial charge in [0.2, 0.25) is 0 Å². The standard InChI is InChI=1S/C13H15F6N/c1-7(2)11(20-3)10-8(12(14,15)16)5-4-6-9(10)13(17,18)19/h4-7,11,20H,1-3H3. The third-order valence-electron chi connectivity index (χ3n) is 3.01. The van der Waals surface area contributed by atoms with E-state index in [2.05, 4.69) is 5.32 Å². The quantitative estimate of drug-likeness (QED) is 0.802. The lowest BCUT2D eigenvalue weighted by molar-refractivity contribution is -0.145. The summed E-state index contributed by atoms with van der Waals surface area (Å²) in [6, 6.07) is 1.10. The largest absolute Gasteiger partial charge is 0.416 e. The number of alkyl halides is 6. The predicted molar refractivity (Wildman–Crippen MR) is 63.1 cm³/mol. The van der Waals surface area contributed by atoms with E-state index in [-0.39, 0.29) is 0 Å². The molecule has 0 radical (unpaired) electrons. The average Bonchev–Trinajstić information content (AvgIpc) is 2.26. The Labute approximate surface area is 113 Å². The van der Waals surface area contributed by atoms with Crippen LogP contribution in [-0.2, 0) is 12.4 Å². The van der Waals surface area contributed by atoms with Gasteiger partial charge in [-0.25, -0.2) is 0 Å². The van der Waals surface area contributed by atoms with Gasteiger partial charge in [-0.15, -0.1) is 0 Å². The Kier molecular flexibility index (Phi) is 4.74. The van der Waals surface area contributed by atoms with Gasteiger partial charge >= 0.3 is 12.4 Å². The van der Waals surface area contributed by atoms with Crippen molar-refractivity contribution < 1.29 is 26.3 Å². The van der Waals surface area contributed by atoms with Crippen LogP contribution in [0, 0.1) is 5.92 Å². The van der Waals surface area contributed by atoms with E-state index in [0.717, 1.165) is 6.07 Å². The highest BCUT2D eigenvalue weighted by Gasteiger charge is 2.42. The summed E-state index contributed by atoms with van der Waals surface area (Å²) < 4.78 is 77.9. The van der Waals surface area contributed by atoms with Crippen LogP contribution in [0.3, 0.4) is 0 Å². The van der Waals surface area contributed by atoms with Crippen molar-refractivity contribution in [3.8, 4) is 0 Å². The number of benzene rings is 1. The highest BCUT2D eigenvalue weighted by Crippen LogP contribution is 2.43. The second-order valence-corrected chi connectivity index (χ2v) is 4.77. The van der Waals surface area contributed by atoms with Gasteiger partial charge in [0, 0.05) is 6.04 Å². The molecule has 0 spiro atoms. The van der Waals surface area contributed by atoms with Crippen LogP contribution in [-0.4, -0.2) is 7.05 Å². The van der Waals surface area contributed by atoms with Gasteiger partial charge in [-0.05, 0) is 30.7 Å². The molecule has 114 valence electrons. The van der Waals surface area contributed by atoms with E-state index in [1.54, 1.807) is 13.8 Å². The highest BCUT2D eigenvalue weighted by molar-refractivity contribution is 5.41. The molecule has 1 aromatic carbocycles. The number of hydrogen-bond donors (Lipinski definition) is 1. The van der Waals surface area contributed by atoms with Crippen molar-refractivity contribution in [2.75, 3.05) is 7.05 Å². The third kappa shape index (κ3) is 3.45. The van der Waals surface area contributed by atoms with Crippen LogP contribution in [0.2, 0.25) is 0 Å². The van der Waals surface area contributed by atoms with E-state index in [9.17, 15) is 26.3 Å². The maximum absolute atomic E-state index is 13.0. The molecule has 0 heterocycles. The molecule has 0 aliphatic carbocycles. The zero-order valence-corrected chi connectivity index (χ0v) is 11.2. The van der Waals surface area contributed by atoms with Gasteiger partial charge in [0.15, 0.2) is 0 Å². The predicted octanol–water partition coefficient (Wildman–Crippen LogP) is 4.64. The Morgan fingerprint density at radius 3 is 1.55 bits per heavy atom. The summed E-state index contributed by atoms with van der Waals surface area (Å²) >= 11 is 0. The van der Waals surface area contributed by atoms with Gasteiger partial charge in [0.25, 0.3) is 0 Å². The molecule has 1 N–H and O–H groups in total. The zero-order valence-electron chi connectivity index (χ0n) is 11.2. The Bertz CT molecular complexity index is 429. The number of nitrogens with one attached hydrogen (secondary N) is 1. The minimum absolute atomic E-state index is 0.426. The summed E-state index contributed by atoms with van der Waals surface area (Å²) in [6.45, 7) is 3.13. The molecular formula is C13H15F6N. The molecule has 0 aliphatic heterocycles. The van der Waals surface area contributed by atoms with Gasteiger partial charge in [-0.2, -0.15) is 26.3 Å². The fraction of sp³-hybridized carbons (Fsp3) is 0.538. The summed E-state index contributed by atoms with van der Waals surface area (Å²) in [5.41, 5.74) is -3.24. The van der Waals surface area contributed by atoms with Crippen LogP contribution in [0.1, 0.15) is 36.6 Å². The maximum Gasteiger partial charge on any atom is 0.416 e. The fourth-order valence-corrected chi connectivity index (χ4v) is 2.21. The van der Waals surface area contributed by atoms with E-state index in [1.807, 2.05) is 0 Å². The number of hydrogen-bond acceptors (Lipinski definition) is 1. The van der Waals surface area contributed by atoms with Crippen molar-refractivity contribution in [1.29, 1.82) is 0 Å². The molecule has 0 bridgehead atoms. The van der Waals surface area contributed by atoms with Gasteiger partial charge in [0.05, 0.1) is 11.1 Å².